The lowest BCUT2D eigenvalue weighted by molar-refractivity contribution is 0.775. The molecular weight excluding hydrogens is 170 g/mol. The molecule has 1 aromatic heterocycles. The van der Waals surface area contributed by atoms with Gasteiger partial charge in [0.05, 0.1) is 0 Å². The number of nitrogens with zero attached hydrogens (tertiary/aromatic N) is 1. The van der Waals surface area contributed by atoms with Crippen LogP contribution in [0.2, 0.25) is 0 Å². The number of pyridine rings is 1. The normalized spacial score (nSPS) is 11.4. The van der Waals surface area contributed by atoms with Crippen molar-refractivity contribution >= 4 is 0 Å². The highest BCUT2D eigenvalue weighted by molar-refractivity contribution is 5.31. The maximum Gasteiger partial charge on any atom is 0.0403 e. The van der Waals surface area contributed by atoms with E-state index >= 15 is 0 Å². The molecule has 0 atom stereocenters. The molecule has 0 radical (unpaired) electrons. The van der Waals surface area contributed by atoms with Crippen LogP contribution in [0.15, 0.2) is 12.3 Å². The minimum Gasteiger partial charge on any atom is -0.261 e. The van der Waals surface area contributed by atoms with E-state index in [4.69, 9.17) is 0 Å². The van der Waals surface area contributed by atoms with Crippen LogP contribution in [0.3, 0.4) is 0 Å². The summed E-state index contributed by atoms with van der Waals surface area (Å²) >= 11 is 0. The van der Waals surface area contributed by atoms with Gasteiger partial charge in [0.25, 0.3) is 0 Å². The highest BCUT2D eigenvalue weighted by atomic mass is 14.7. The predicted octanol–water partition coefficient (Wildman–Crippen LogP) is 3.89. The van der Waals surface area contributed by atoms with Crippen molar-refractivity contribution in [2.24, 2.45) is 0 Å². The summed E-state index contributed by atoms with van der Waals surface area (Å²) in [7, 11) is 0. The van der Waals surface area contributed by atoms with Crippen LogP contribution in [0.25, 0.3) is 0 Å². The van der Waals surface area contributed by atoms with E-state index in [2.05, 4.69) is 51.9 Å². The zero-order chi connectivity index (χ0) is 10.7. The lowest BCUT2D eigenvalue weighted by Gasteiger charge is -2.16. The molecule has 1 heteroatoms. The Morgan fingerprint density at radius 3 is 2.07 bits per heavy atom. The summed E-state index contributed by atoms with van der Waals surface area (Å²) in [4.78, 5) is 4.46. The molecule has 1 rings (SSSR count). The number of rotatable bonds is 3. The summed E-state index contributed by atoms with van der Waals surface area (Å²) in [5, 5.41) is 0. The Morgan fingerprint density at radius 2 is 1.64 bits per heavy atom. The molecule has 0 spiro atoms. The first-order valence-electron chi connectivity index (χ1n) is 5.55. The lowest BCUT2D eigenvalue weighted by atomic mass is 9.91. The first-order chi connectivity index (χ1) is 6.56. The van der Waals surface area contributed by atoms with Crippen molar-refractivity contribution in [1.29, 1.82) is 0 Å². The van der Waals surface area contributed by atoms with Crippen LogP contribution in [0.4, 0.5) is 0 Å². The fourth-order valence-electron chi connectivity index (χ4n) is 1.70. The molecule has 0 bridgehead atoms. The van der Waals surface area contributed by atoms with Gasteiger partial charge >= 0.3 is 0 Å². The van der Waals surface area contributed by atoms with E-state index in [1.807, 2.05) is 0 Å². The Morgan fingerprint density at radius 1 is 1.07 bits per heavy atom. The topological polar surface area (TPSA) is 12.9 Å². The molecule has 0 aromatic carbocycles. The van der Waals surface area contributed by atoms with Crippen LogP contribution < -0.4 is 0 Å². The zero-order valence-electron chi connectivity index (χ0n) is 9.96. The summed E-state index contributed by atoms with van der Waals surface area (Å²) in [5.41, 5.74) is 4.07. The van der Waals surface area contributed by atoms with Gasteiger partial charge in [-0.1, -0.05) is 34.6 Å². The van der Waals surface area contributed by atoms with Crippen molar-refractivity contribution in [3.63, 3.8) is 0 Å². The van der Waals surface area contributed by atoms with Crippen LogP contribution in [0.5, 0.6) is 0 Å². The molecule has 0 amide bonds. The number of aryl methyl sites for hydroxylation is 1. The van der Waals surface area contributed by atoms with Crippen LogP contribution in [0.1, 0.15) is 63.3 Å². The van der Waals surface area contributed by atoms with Gasteiger partial charge in [-0.2, -0.15) is 0 Å². The maximum atomic E-state index is 4.46. The van der Waals surface area contributed by atoms with Gasteiger partial charge in [-0.25, -0.2) is 0 Å². The number of hydrogen-bond acceptors (Lipinski definition) is 1. The fraction of sp³-hybridized carbons (Fsp3) is 0.615. The van der Waals surface area contributed by atoms with E-state index in [-0.39, 0.29) is 0 Å². The second-order valence-electron chi connectivity index (χ2n) is 4.47. The van der Waals surface area contributed by atoms with E-state index in [1.54, 1.807) is 0 Å². The quantitative estimate of drug-likeness (QED) is 0.706. The molecule has 0 aliphatic rings. The minimum absolute atomic E-state index is 0.575. The van der Waals surface area contributed by atoms with Gasteiger partial charge in [0.1, 0.15) is 0 Å². The summed E-state index contributed by atoms with van der Waals surface area (Å²) in [6.45, 7) is 11.1. The van der Waals surface area contributed by atoms with Crippen LogP contribution in [-0.4, -0.2) is 4.98 Å². The molecule has 14 heavy (non-hydrogen) atoms. The second kappa shape index (κ2) is 4.59. The third-order valence-corrected chi connectivity index (χ3v) is 2.63. The summed E-state index contributed by atoms with van der Waals surface area (Å²) < 4.78 is 0. The highest BCUT2D eigenvalue weighted by Crippen LogP contribution is 2.25. The Bertz CT molecular complexity index is 300. The van der Waals surface area contributed by atoms with Crippen molar-refractivity contribution < 1.29 is 0 Å². The van der Waals surface area contributed by atoms with E-state index in [0.29, 0.717) is 11.8 Å². The molecular formula is C13H21N. The van der Waals surface area contributed by atoms with Crippen LogP contribution >= 0.6 is 0 Å². The van der Waals surface area contributed by atoms with Crippen molar-refractivity contribution in [1.82, 2.24) is 4.98 Å². The van der Waals surface area contributed by atoms with Crippen LogP contribution in [0, 0.1) is 0 Å². The highest BCUT2D eigenvalue weighted by Gasteiger charge is 2.10. The van der Waals surface area contributed by atoms with Gasteiger partial charge in [-0.15, -0.1) is 0 Å². The maximum absolute atomic E-state index is 4.46. The smallest absolute Gasteiger partial charge is 0.0403 e. The van der Waals surface area contributed by atoms with Gasteiger partial charge in [0.15, 0.2) is 0 Å². The molecule has 0 unspecified atom stereocenters. The van der Waals surface area contributed by atoms with Crippen molar-refractivity contribution in [3.8, 4) is 0 Å². The van der Waals surface area contributed by atoms with Gasteiger partial charge in [0.2, 0.25) is 0 Å². The summed E-state index contributed by atoms with van der Waals surface area (Å²) in [6.07, 6.45) is 3.08. The van der Waals surface area contributed by atoms with Gasteiger partial charge in [-0.3, -0.25) is 4.98 Å². The molecule has 0 saturated carbocycles. The number of aromatic nitrogens is 1. The van der Waals surface area contributed by atoms with E-state index in [9.17, 15) is 0 Å². The Labute approximate surface area is 87.6 Å². The molecule has 0 aliphatic carbocycles. The van der Waals surface area contributed by atoms with Gasteiger partial charge in [0, 0.05) is 11.9 Å². The zero-order valence-corrected chi connectivity index (χ0v) is 9.96. The van der Waals surface area contributed by atoms with Crippen LogP contribution in [-0.2, 0) is 6.42 Å². The third-order valence-electron chi connectivity index (χ3n) is 2.63. The molecule has 1 aromatic rings. The monoisotopic (exact) mass is 191 g/mol. The molecule has 0 fully saturated rings. The average molecular weight is 191 g/mol. The first-order valence-corrected chi connectivity index (χ1v) is 5.55. The lowest BCUT2D eigenvalue weighted by Crippen LogP contribution is -2.02. The fourth-order valence-corrected chi connectivity index (χ4v) is 1.70. The van der Waals surface area contributed by atoms with E-state index < -0.39 is 0 Å². The Hall–Kier alpha value is -0.850. The van der Waals surface area contributed by atoms with Gasteiger partial charge < -0.3 is 0 Å². The first kappa shape index (κ1) is 11.2. The van der Waals surface area contributed by atoms with Crippen molar-refractivity contribution in [2.45, 2.75) is 52.9 Å². The summed E-state index contributed by atoms with van der Waals surface area (Å²) in [6, 6.07) is 2.26. The second-order valence-corrected chi connectivity index (χ2v) is 4.47. The van der Waals surface area contributed by atoms with Crippen molar-refractivity contribution in [3.05, 3.63) is 29.1 Å². The molecule has 0 aliphatic heterocycles. The standard InChI is InChI=1S/C13H21N/c1-6-11-7-12(9(2)3)13(8-14-11)10(4)5/h7-10H,6H2,1-5H3. The van der Waals surface area contributed by atoms with E-state index in [0.717, 1.165) is 6.42 Å². The van der Waals surface area contributed by atoms with Gasteiger partial charge in [-0.05, 0) is 35.4 Å². The van der Waals surface area contributed by atoms with E-state index in [1.165, 1.54) is 16.8 Å². The minimum atomic E-state index is 0.575. The molecule has 78 valence electrons. The number of hydrogen-bond donors (Lipinski definition) is 0. The average Bonchev–Trinajstić information content (AvgIpc) is 2.16. The largest absolute Gasteiger partial charge is 0.261 e. The van der Waals surface area contributed by atoms with Crippen molar-refractivity contribution in [2.75, 3.05) is 0 Å². The Kier molecular flexibility index (Phi) is 3.68. The molecule has 1 nitrogen and oxygen atoms in total. The third kappa shape index (κ3) is 2.34. The molecule has 0 N–H and O–H groups in total. The Balaban J connectivity index is 3.17. The predicted molar refractivity (Wildman–Crippen MR) is 61.8 cm³/mol. The molecule has 1 heterocycles. The summed E-state index contributed by atoms with van der Waals surface area (Å²) in [5.74, 6) is 1.17. The SMILES string of the molecule is CCc1cc(C(C)C)c(C(C)C)cn1. The molecule has 0 saturated heterocycles.